The van der Waals surface area contributed by atoms with Gasteiger partial charge in [-0.3, -0.25) is 0 Å². The van der Waals surface area contributed by atoms with Crippen LogP contribution in [0.4, 0.5) is 4.39 Å². The molecule has 2 aromatic carbocycles. The monoisotopic (exact) mass is 426 g/mol. The second-order valence-corrected chi connectivity index (χ2v) is 7.41. The fourth-order valence-electron chi connectivity index (χ4n) is 2.26. The first-order valence-electron chi connectivity index (χ1n) is 7.57. The van der Waals surface area contributed by atoms with E-state index in [2.05, 4.69) is 29.5 Å². The molecule has 0 fully saturated rings. The van der Waals surface area contributed by atoms with Crippen LogP contribution in [-0.4, -0.2) is 5.97 Å². The first-order chi connectivity index (χ1) is 10.8. The van der Waals surface area contributed by atoms with E-state index in [4.69, 9.17) is 4.74 Å². The van der Waals surface area contributed by atoms with Crippen LogP contribution in [-0.2, 0) is 10.3 Å². The number of esters is 1. The summed E-state index contributed by atoms with van der Waals surface area (Å²) in [5.41, 5.74) is 1.65. The van der Waals surface area contributed by atoms with Crippen LogP contribution in [0, 0.1) is 5.82 Å². The van der Waals surface area contributed by atoms with Gasteiger partial charge in [-0.1, -0.05) is 53.8 Å². The van der Waals surface area contributed by atoms with Crippen LogP contribution in [0.1, 0.15) is 52.6 Å². The van der Waals surface area contributed by atoms with Crippen LogP contribution in [0.5, 0.6) is 0 Å². The Hall–Kier alpha value is -1.43. The number of halogens is 2. The third kappa shape index (κ3) is 4.53. The maximum absolute atomic E-state index is 13.0. The van der Waals surface area contributed by atoms with Crippen molar-refractivity contribution in [3.63, 3.8) is 0 Å². The summed E-state index contributed by atoms with van der Waals surface area (Å²) in [5, 5.41) is 0. The molecule has 1 unspecified atom stereocenters. The lowest BCUT2D eigenvalue weighted by atomic mass is 9.98. The van der Waals surface area contributed by atoms with Gasteiger partial charge in [-0.05, 0) is 55.7 Å². The maximum atomic E-state index is 13.0. The normalized spacial score (nSPS) is 12.7. The van der Waals surface area contributed by atoms with Crippen LogP contribution < -0.4 is 0 Å². The average Bonchev–Trinajstić information content (AvgIpc) is 2.54. The Balaban J connectivity index is 2.12. The molecule has 23 heavy (non-hydrogen) atoms. The minimum atomic E-state index is -0.821. The van der Waals surface area contributed by atoms with Gasteiger partial charge in [0.05, 0.1) is 5.56 Å². The Kier molecular flexibility index (Phi) is 5.79. The van der Waals surface area contributed by atoms with Crippen molar-refractivity contribution in [1.29, 1.82) is 0 Å². The van der Waals surface area contributed by atoms with Crippen molar-refractivity contribution in [1.82, 2.24) is 0 Å². The average molecular weight is 426 g/mol. The number of alkyl halides is 1. The van der Waals surface area contributed by atoms with E-state index in [1.54, 1.807) is 38.1 Å². The molecule has 0 aliphatic rings. The highest BCUT2D eigenvalue weighted by Crippen LogP contribution is 2.28. The van der Waals surface area contributed by atoms with E-state index >= 15 is 0 Å². The van der Waals surface area contributed by atoms with Crippen molar-refractivity contribution in [2.45, 2.75) is 36.7 Å². The summed E-state index contributed by atoms with van der Waals surface area (Å²) in [7, 11) is 0. The highest BCUT2D eigenvalue weighted by Gasteiger charge is 2.26. The first-order valence-corrected chi connectivity index (χ1v) is 8.81. The number of rotatable bonds is 5. The van der Waals surface area contributed by atoms with Crippen molar-refractivity contribution < 1.29 is 13.9 Å². The summed E-state index contributed by atoms with van der Waals surface area (Å²) in [6, 6.07) is 13.5. The molecule has 0 aliphatic carbocycles. The molecule has 0 N–H and O–H groups in total. The lowest BCUT2D eigenvalue weighted by Crippen LogP contribution is -2.25. The van der Waals surface area contributed by atoms with E-state index in [0.29, 0.717) is 9.49 Å². The molecular formula is C19H20FIO2. The summed E-state index contributed by atoms with van der Waals surface area (Å²) in [6.07, 6.45) is 1.04. The Labute approximate surface area is 150 Å². The van der Waals surface area contributed by atoms with Gasteiger partial charge in [-0.25, -0.2) is 9.18 Å². The molecule has 0 aliphatic heterocycles. The first kappa shape index (κ1) is 17.9. The molecule has 2 rings (SSSR count). The minimum absolute atomic E-state index is 0.309. The zero-order valence-corrected chi connectivity index (χ0v) is 15.6. The van der Waals surface area contributed by atoms with Crippen LogP contribution >= 0.6 is 22.6 Å². The standard InChI is InChI=1S/C19H20FIO2/c1-4-17(21)13-5-7-14(8-6-13)18(22)23-19(2,3)15-9-11-16(20)12-10-15/h5-12,17H,4H2,1-3H3. The molecule has 0 radical (unpaired) electrons. The molecule has 0 aromatic heterocycles. The van der Waals surface area contributed by atoms with E-state index in [9.17, 15) is 9.18 Å². The van der Waals surface area contributed by atoms with E-state index in [0.717, 1.165) is 12.0 Å². The van der Waals surface area contributed by atoms with E-state index < -0.39 is 5.60 Å². The topological polar surface area (TPSA) is 26.3 Å². The van der Waals surface area contributed by atoms with Gasteiger partial charge in [0.1, 0.15) is 11.4 Å². The number of ether oxygens (including phenoxy) is 1. The Bertz CT molecular complexity index is 663. The van der Waals surface area contributed by atoms with E-state index in [1.807, 2.05) is 12.1 Å². The van der Waals surface area contributed by atoms with Crippen LogP contribution in [0.25, 0.3) is 0 Å². The van der Waals surface area contributed by atoms with Gasteiger partial charge in [-0.15, -0.1) is 0 Å². The molecule has 0 bridgehead atoms. The maximum Gasteiger partial charge on any atom is 0.338 e. The summed E-state index contributed by atoms with van der Waals surface area (Å²) >= 11 is 2.39. The summed E-state index contributed by atoms with van der Waals surface area (Å²) < 4.78 is 19.1. The number of hydrogen-bond acceptors (Lipinski definition) is 2. The third-order valence-corrected chi connectivity index (χ3v) is 5.35. The number of hydrogen-bond donors (Lipinski definition) is 0. The summed E-state index contributed by atoms with van der Waals surface area (Å²) in [4.78, 5) is 12.4. The quantitative estimate of drug-likeness (QED) is 0.343. The van der Waals surface area contributed by atoms with Crippen LogP contribution in [0.15, 0.2) is 48.5 Å². The summed E-state index contributed by atoms with van der Waals surface area (Å²) in [5.74, 6) is -0.692. The Morgan fingerprint density at radius 2 is 1.70 bits per heavy atom. The van der Waals surface area contributed by atoms with Crippen molar-refractivity contribution in [2.75, 3.05) is 0 Å². The second kappa shape index (κ2) is 7.43. The highest BCUT2D eigenvalue weighted by atomic mass is 127. The molecule has 0 saturated heterocycles. The zero-order chi connectivity index (χ0) is 17.0. The van der Waals surface area contributed by atoms with Gasteiger partial charge < -0.3 is 4.74 Å². The number of benzene rings is 2. The molecule has 2 nitrogen and oxygen atoms in total. The van der Waals surface area contributed by atoms with Crippen molar-refractivity contribution in [2.24, 2.45) is 0 Å². The van der Waals surface area contributed by atoms with Gasteiger partial charge in [0.2, 0.25) is 0 Å². The van der Waals surface area contributed by atoms with Crippen molar-refractivity contribution >= 4 is 28.6 Å². The third-order valence-electron chi connectivity index (χ3n) is 3.75. The molecule has 0 saturated carbocycles. The fourth-order valence-corrected chi connectivity index (χ4v) is 2.68. The van der Waals surface area contributed by atoms with Gasteiger partial charge in [0.25, 0.3) is 0 Å². The predicted molar refractivity (Wildman–Crippen MR) is 98.3 cm³/mol. The SMILES string of the molecule is CCC(I)c1ccc(C(=O)OC(C)(C)c2ccc(F)cc2)cc1. The van der Waals surface area contributed by atoms with E-state index in [1.165, 1.54) is 17.7 Å². The molecule has 4 heteroatoms. The Morgan fingerprint density at radius 3 is 2.22 bits per heavy atom. The molecular weight excluding hydrogens is 406 g/mol. The molecule has 0 spiro atoms. The molecule has 0 amide bonds. The highest BCUT2D eigenvalue weighted by molar-refractivity contribution is 14.1. The van der Waals surface area contributed by atoms with Crippen LogP contribution in [0.3, 0.4) is 0 Å². The Morgan fingerprint density at radius 1 is 1.13 bits per heavy atom. The second-order valence-electron chi connectivity index (χ2n) is 5.90. The van der Waals surface area contributed by atoms with Gasteiger partial charge in [0, 0.05) is 3.92 Å². The van der Waals surface area contributed by atoms with Gasteiger partial charge in [0.15, 0.2) is 0 Å². The zero-order valence-electron chi connectivity index (χ0n) is 13.5. The number of carbonyl (C=O) groups is 1. The fraction of sp³-hybridized carbons (Fsp3) is 0.316. The largest absolute Gasteiger partial charge is 0.451 e. The lowest BCUT2D eigenvalue weighted by Gasteiger charge is -2.25. The smallest absolute Gasteiger partial charge is 0.338 e. The molecule has 1 atom stereocenters. The van der Waals surface area contributed by atoms with Gasteiger partial charge >= 0.3 is 5.97 Å². The molecule has 0 heterocycles. The number of carbonyl (C=O) groups excluding carboxylic acids is 1. The van der Waals surface area contributed by atoms with Gasteiger partial charge in [-0.2, -0.15) is 0 Å². The van der Waals surface area contributed by atoms with Crippen LogP contribution in [0.2, 0.25) is 0 Å². The summed E-state index contributed by atoms with van der Waals surface area (Å²) in [6.45, 7) is 5.72. The van der Waals surface area contributed by atoms with Crippen molar-refractivity contribution in [3.05, 3.63) is 71.0 Å². The van der Waals surface area contributed by atoms with Crippen molar-refractivity contribution in [3.8, 4) is 0 Å². The molecule has 122 valence electrons. The van der Waals surface area contributed by atoms with E-state index in [-0.39, 0.29) is 11.8 Å². The lowest BCUT2D eigenvalue weighted by molar-refractivity contribution is -0.00314. The molecule has 2 aromatic rings. The minimum Gasteiger partial charge on any atom is -0.451 e. The predicted octanol–water partition coefficient (Wildman–Crippen LogP) is 5.80.